The molecular formula is C20H34I3LiO6P2S2. The minimum atomic E-state index is -3.06. The molecular weight excluding hydrogens is 850 g/mol. The maximum absolute atomic E-state index is 12.3. The molecule has 0 N–H and O–H groups in total. The fourth-order valence-electron chi connectivity index (χ4n) is 1.94. The molecule has 0 saturated heterocycles. The maximum atomic E-state index is 12.3. The van der Waals surface area contributed by atoms with E-state index in [1.54, 1.807) is 31.4 Å². The average Bonchev–Trinajstić information content (AvgIpc) is 3.49. The van der Waals surface area contributed by atoms with Crippen LogP contribution in [0.3, 0.4) is 0 Å². The molecule has 2 aromatic rings. The van der Waals surface area contributed by atoms with Gasteiger partial charge in [-0.2, -0.15) is 17.8 Å². The van der Waals surface area contributed by atoms with Crippen molar-refractivity contribution in [2.24, 2.45) is 0 Å². The summed E-state index contributed by atoms with van der Waals surface area (Å²) in [6.45, 7) is 14.5. The van der Waals surface area contributed by atoms with E-state index in [1.165, 1.54) is 29.1 Å². The van der Waals surface area contributed by atoms with Crippen LogP contribution in [0.15, 0.2) is 28.3 Å². The van der Waals surface area contributed by atoms with Crippen LogP contribution in [-0.4, -0.2) is 26.4 Å². The summed E-state index contributed by atoms with van der Waals surface area (Å²) < 4.78 is 46.0. The fraction of sp³-hybridized carbons (Fsp3) is 0.550. The van der Waals surface area contributed by atoms with Crippen molar-refractivity contribution in [3.05, 3.63) is 38.1 Å². The number of unbranched alkanes of at least 4 members (excludes halogenated alkanes) is 1. The third-order valence-corrected chi connectivity index (χ3v) is 11.0. The van der Waals surface area contributed by atoms with Crippen molar-refractivity contribution in [2.75, 3.05) is 26.4 Å². The number of thiophene rings is 2. The molecule has 0 aliphatic heterocycles. The molecule has 0 aliphatic carbocycles. The molecule has 0 saturated carbocycles. The summed E-state index contributed by atoms with van der Waals surface area (Å²) in [5.74, 6) is 0. The molecule has 2 heterocycles. The van der Waals surface area contributed by atoms with Gasteiger partial charge in [-0.3, -0.25) is 9.13 Å². The third-order valence-electron chi connectivity index (χ3n) is 3.27. The SMILES string of the molecule is CCOP(=O)(OCC)c1ccsc1.CCOP(=O)(OCC)c1ccsc1I.II.[CH2-]CCC.[Li+]. The number of halogens is 3. The molecule has 0 bridgehead atoms. The van der Waals surface area contributed by atoms with Gasteiger partial charge in [0.15, 0.2) is 0 Å². The largest absolute Gasteiger partial charge is 1.00 e. The zero-order chi connectivity index (χ0) is 25.8. The van der Waals surface area contributed by atoms with Gasteiger partial charge in [0, 0.05) is 42.6 Å². The van der Waals surface area contributed by atoms with E-state index >= 15 is 0 Å². The van der Waals surface area contributed by atoms with Crippen LogP contribution in [0.2, 0.25) is 0 Å². The van der Waals surface area contributed by atoms with E-state index in [-0.39, 0.29) is 18.9 Å². The Morgan fingerprint density at radius 1 is 0.853 bits per heavy atom. The Labute approximate surface area is 263 Å². The summed E-state index contributed by atoms with van der Waals surface area (Å²) in [6, 6.07) is 3.58. The summed E-state index contributed by atoms with van der Waals surface area (Å²) >= 11 is 9.41. The smallest absolute Gasteiger partial charge is 0.343 e. The molecule has 2 aromatic heterocycles. The second-order valence-corrected chi connectivity index (χ2v) is 13.1. The van der Waals surface area contributed by atoms with Crippen LogP contribution in [-0.2, 0) is 27.2 Å². The molecule has 2 rings (SSSR count). The van der Waals surface area contributed by atoms with E-state index < -0.39 is 15.2 Å². The molecule has 0 unspecified atom stereocenters. The standard InChI is InChI=1S/C8H12IO3PS.C8H13O3PS.C4H9.I2.Li/c1-3-11-13(10,12-4-2)7-5-6-14-8(7)9;1-3-10-12(9,11-4-2)8-5-6-13-7-8;1-3-4-2;1-2;/h5-6H,3-4H2,1-2H3;5-7H,3-4H2,1-2H3;1,3-4H2,2H3;;/q;;-1;;+1. The van der Waals surface area contributed by atoms with E-state index in [0.29, 0.717) is 37.0 Å². The Morgan fingerprint density at radius 3 is 1.59 bits per heavy atom. The van der Waals surface area contributed by atoms with E-state index in [2.05, 4.69) is 73.7 Å². The summed E-state index contributed by atoms with van der Waals surface area (Å²) in [4.78, 5) is 0. The molecule has 0 aromatic carbocycles. The second kappa shape index (κ2) is 25.7. The fourth-order valence-corrected chi connectivity index (χ4v) is 8.69. The minimum absolute atomic E-state index is 0. The first-order chi connectivity index (χ1) is 15.8. The minimum Gasteiger partial charge on any atom is -0.343 e. The topological polar surface area (TPSA) is 71.1 Å². The molecule has 14 heteroatoms. The van der Waals surface area contributed by atoms with Crippen LogP contribution in [0.4, 0.5) is 0 Å². The zero-order valence-corrected chi connectivity index (χ0v) is 30.5. The van der Waals surface area contributed by atoms with Gasteiger partial charge in [0.25, 0.3) is 0 Å². The quantitative estimate of drug-likeness (QED) is 0.115. The molecule has 34 heavy (non-hydrogen) atoms. The van der Waals surface area contributed by atoms with Gasteiger partial charge in [0.1, 0.15) is 0 Å². The van der Waals surface area contributed by atoms with Crippen LogP contribution in [0.5, 0.6) is 0 Å². The van der Waals surface area contributed by atoms with Crippen molar-refractivity contribution in [2.45, 2.75) is 47.5 Å². The number of hydrogen-bond acceptors (Lipinski definition) is 8. The van der Waals surface area contributed by atoms with Gasteiger partial charge >= 0.3 is 34.1 Å². The second-order valence-electron chi connectivity index (χ2n) is 5.58. The van der Waals surface area contributed by atoms with E-state index in [1.807, 2.05) is 24.6 Å². The van der Waals surface area contributed by atoms with Crippen molar-refractivity contribution in [3.63, 3.8) is 0 Å². The Bertz CT molecular complexity index is 775. The molecule has 6 nitrogen and oxygen atoms in total. The molecule has 0 spiro atoms. The van der Waals surface area contributed by atoms with E-state index in [0.717, 1.165) is 9.30 Å². The van der Waals surface area contributed by atoms with Crippen molar-refractivity contribution in [1.82, 2.24) is 0 Å². The Hall–Kier alpha value is 2.49. The van der Waals surface area contributed by atoms with Gasteiger partial charge in [-0.1, -0.05) is 13.3 Å². The van der Waals surface area contributed by atoms with Crippen LogP contribution in [0.1, 0.15) is 47.5 Å². The van der Waals surface area contributed by atoms with E-state index in [4.69, 9.17) is 18.1 Å². The molecule has 0 fully saturated rings. The summed E-state index contributed by atoms with van der Waals surface area (Å²) in [5, 5.41) is 6.89. The maximum Gasteiger partial charge on any atom is 1.00 e. The van der Waals surface area contributed by atoms with Gasteiger partial charge in [0.2, 0.25) is 0 Å². The van der Waals surface area contributed by atoms with Crippen molar-refractivity contribution in [1.29, 1.82) is 0 Å². The van der Waals surface area contributed by atoms with Crippen LogP contribution >= 0.6 is 97.7 Å². The first-order valence-corrected chi connectivity index (χ1v) is 22.5. The molecule has 194 valence electrons. The molecule has 0 atom stereocenters. The molecule has 0 aliphatic rings. The Balaban J connectivity index is -0.000000450. The van der Waals surface area contributed by atoms with Gasteiger partial charge in [-0.25, -0.2) is 0 Å². The number of hydrogen-bond donors (Lipinski definition) is 0. The Morgan fingerprint density at radius 2 is 1.29 bits per heavy atom. The third kappa shape index (κ3) is 16.4. The van der Waals surface area contributed by atoms with Crippen molar-refractivity contribution in [3.8, 4) is 0 Å². The predicted octanol–water partition coefficient (Wildman–Crippen LogP) is 6.28. The predicted molar refractivity (Wildman–Crippen MR) is 171 cm³/mol. The van der Waals surface area contributed by atoms with Crippen LogP contribution in [0, 0.1) is 9.81 Å². The van der Waals surface area contributed by atoms with Gasteiger partial charge in [-0.15, -0.1) is 11.3 Å². The van der Waals surface area contributed by atoms with Gasteiger partial charge in [0.05, 0.1) is 39.9 Å². The first-order valence-electron chi connectivity index (χ1n) is 10.3. The average molecular weight is 884 g/mol. The first kappa shape index (κ1) is 41.0. The summed E-state index contributed by atoms with van der Waals surface area (Å²) in [7, 11) is -6.07. The van der Waals surface area contributed by atoms with E-state index in [9.17, 15) is 9.13 Å². The molecule has 0 radical (unpaired) electrons. The molecule has 0 amide bonds. The summed E-state index contributed by atoms with van der Waals surface area (Å²) in [5.41, 5.74) is 0. The van der Waals surface area contributed by atoms with Gasteiger partial charge in [-0.05, 0) is 73.2 Å². The zero-order valence-electron chi connectivity index (χ0n) is 20.6. The summed E-state index contributed by atoms with van der Waals surface area (Å²) in [6.07, 6.45) is 2.28. The monoisotopic (exact) mass is 884 g/mol. The van der Waals surface area contributed by atoms with Crippen molar-refractivity contribution >= 4 is 108 Å². The van der Waals surface area contributed by atoms with Crippen LogP contribution in [0.25, 0.3) is 0 Å². The van der Waals surface area contributed by atoms with Crippen LogP contribution < -0.4 is 29.5 Å². The van der Waals surface area contributed by atoms with Gasteiger partial charge < -0.3 is 25.0 Å². The Kier molecular flexibility index (Phi) is 31.0. The number of rotatable bonds is 11. The van der Waals surface area contributed by atoms with Crippen molar-refractivity contribution < 1.29 is 46.1 Å². The normalized spacial score (nSPS) is 10.5.